The van der Waals surface area contributed by atoms with Gasteiger partial charge < -0.3 is 5.11 Å². The maximum Gasteiger partial charge on any atom is 0.287 e. The molecule has 0 spiro atoms. The number of carbonyl (C=O) groups excluding carboxylic acids is 1. The van der Waals surface area contributed by atoms with Gasteiger partial charge >= 0.3 is 0 Å². The Balaban J connectivity index is 2.23. The van der Waals surface area contributed by atoms with Gasteiger partial charge in [-0.05, 0) is 13.0 Å². The van der Waals surface area contributed by atoms with Gasteiger partial charge in [-0.3, -0.25) is 9.48 Å². The van der Waals surface area contributed by atoms with Gasteiger partial charge in [0.25, 0.3) is 18.8 Å². The van der Waals surface area contributed by atoms with E-state index in [9.17, 15) is 27.5 Å². The number of amides is 1. The quantitative estimate of drug-likeness (QED) is 0.844. The maximum absolute atomic E-state index is 12.9. The fourth-order valence-electron chi connectivity index (χ4n) is 1.91. The lowest BCUT2D eigenvalue weighted by Gasteiger charge is -2.29. The van der Waals surface area contributed by atoms with E-state index in [0.29, 0.717) is 5.69 Å². The maximum atomic E-state index is 12.9. The minimum Gasteiger partial charge on any atom is -0.364 e. The van der Waals surface area contributed by atoms with Crippen LogP contribution >= 0.6 is 0 Å². The number of rotatable bonds is 4. The van der Waals surface area contributed by atoms with Gasteiger partial charge in [-0.2, -0.15) is 15.2 Å². The van der Waals surface area contributed by atoms with Gasteiger partial charge in [0.15, 0.2) is 0 Å². The van der Waals surface area contributed by atoms with Crippen LogP contribution in [0.25, 0.3) is 0 Å². The standard InChI is InChI=1S/C11H12F4N4O2/c1-6-2-3-18(16-6)5-8(20)19-11(21,10(14)15)4-7(17-19)9(12)13/h2-3,9-10,21H,4-5H2,1H3/t11-/m1/s1. The lowest BCUT2D eigenvalue weighted by molar-refractivity contribution is -0.192. The lowest BCUT2D eigenvalue weighted by atomic mass is 10.1. The van der Waals surface area contributed by atoms with Crippen LogP contribution in [0.3, 0.4) is 0 Å². The van der Waals surface area contributed by atoms with Crippen LogP contribution in [-0.4, -0.2) is 50.1 Å². The zero-order chi connectivity index (χ0) is 15.8. The summed E-state index contributed by atoms with van der Waals surface area (Å²) in [6, 6.07) is 1.57. The van der Waals surface area contributed by atoms with Crippen molar-refractivity contribution in [3.63, 3.8) is 0 Å². The Bertz CT molecular complexity index is 574. The van der Waals surface area contributed by atoms with Crippen LogP contribution in [-0.2, 0) is 11.3 Å². The van der Waals surface area contributed by atoms with Gasteiger partial charge in [0, 0.05) is 12.6 Å². The molecule has 6 nitrogen and oxygen atoms in total. The second kappa shape index (κ2) is 5.43. The first-order valence-corrected chi connectivity index (χ1v) is 5.93. The highest BCUT2D eigenvalue weighted by molar-refractivity contribution is 5.92. The van der Waals surface area contributed by atoms with Crippen LogP contribution in [0.4, 0.5) is 17.6 Å². The summed E-state index contributed by atoms with van der Waals surface area (Å²) < 4.78 is 52.1. The Morgan fingerprint density at radius 3 is 2.62 bits per heavy atom. The predicted octanol–water partition coefficient (Wildman–Crippen LogP) is 0.999. The molecule has 1 aromatic heterocycles. The first-order valence-electron chi connectivity index (χ1n) is 5.93. The number of hydrogen-bond donors (Lipinski definition) is 1. The molecule has 1 aliphatic rings. The topological polar surface area (TPSA) is 70.7 Å². The minimum atomic E-state index is -3.43. The fraction of sp³-hybridized carbons (Fsp3) is 0.545. The number of hydrazone groups is 1. The van der Waals surface area contributed by atoms with E-state index in [1.165, 1.54) is 6.20 Å². The molecule has 1 aliphatic heterocycles. The molecule has 0 fully saturated rings. The third-order valence-corrected chi connectivity index (χ3v) is 2.95. The molecule has 1 N–H and O–H groups in total. The fourth-order valence-corrected chi connectivity index (χ4v) is 1.91. The number of aryl methyl sites for hydroxylation is 1. The minimum absolute atomic E-state index is 0.0240. The number of nitrogens with zero attached hydrogens (tertiary/aromatic N) is 4. The Kier molecular flexibility index (Phi) is 3.99. The van der Waals surface area contributed by atoms with Crippen molar-refractivity contribution in [3.8, 4) is 0 Å². The third-order valence-electron chi connectivity index (χ3n) is 2.95. The Morgan fingerprint density at radius 1 is 1.48 bits per heavy atom. The zero-order valence-corrected chi connectivity index (χ0v) is 10.9. The van der Waals surface area contributed by atoms with Gasteiger partial charge in [0.1, 0.15) is 12.3 Å². The molecule has 0 bridgehead atoms. The Hall–Kier alpha value is -1.97. The summed E-state index contributed by atoms with van der Waals surface area (Å²) in [5, 5.41) is 16.8. The summed E-state index contributed by atoms with van der Waals surface area (Å²) in [4.78, 5) is 11.9. The molecule has 0 saturated carbocycles. The molecule has 0 unspecified atom stereocenters. The van der Waals surface area contributed by atoms with Crippen LogP contribution in [0, 0.1) is 6.92 Å². The summed E-state index contributed by atoms with van der Waals surface area (Å²) in [5.41, 5.74) is -3.42. The summed E-state index contributed by atoms with van der Waals surface area (Å²) in [6.07, 6.45) is -6.23. The van der Waals surface area contributed by atoms with Crippen molar-refractivity contribution in [1.29, 1.82) is 0 Å². The van der Waals surface area contributed by atoms with E-state index in [0.717, 1.165) is 4.68 Å². The van der Waals surface area contributed by atoms with E-state index in [4.69, 9.17) is 0 Å². The smallest absolute Gasteiger partial charge is 0.287 e. The molecule has 21 heavy (non-hydrogen) atoms. The van der Waals surface area contributed by atoms with Crippen LogP contribution in [0.5, 0.6) is 0 Å². The van der Waals surface area contributed by atoms with Gasteiger partial charge in [0.2, 0.25) is 5.72 Å². The van der Waals surface area contributed by atoms with Gasteiger partial charge in [-0.1, -0.05) is 0 Å². The molecule has 1 amide bonds. The van der Waals surface area contributed by atoms with Crippen LogP contribution in [0.15, 0.2) is 17.4 Å². The Labute approximate surface area is 116 Å². The molecule has 2 rings (SSSR count). The summed E-state index contributed by atoms with van der Waals surface area (Å²) in [7, 11) is 0. The highest BCUT2D eigenvalue weighted by Gasteiger charge is 2.53. The number of halogens is 4. The molecule has 116 valence electrons. The van der Waals surface area contributed by atoms with Crippen LogP contribution < -0.4 is 0 Å². The molecular weight excluding hydrogens is 296 g/mol. The van der Waals surface area contributed by atoms with Crippen molar-refractivity contribution in [1.82, 2.24) is 14.8 Å². The van der Waals surface area contributed by atoms with Crippen molar-refractivity contribution < 1.29 is 27.5 Å². The first-order chi connectivity index (χ1) is 9.74. The van der Waals surface area contributed by atoms with E-state index >= 15 is 0 Å². The molecule has 0 radical (unpaired) electrons. The van der Waals surface area contributed by atoms with Crippen molar-refractivity contribution in [2.45, 2.75) is 38.5 Å². The summed E-state index contributed by atoms with van der Waals surface area (Å²) >= 11 is 0. The van der Waals surface area contributed by atoms with E-state index in [-0.39, 0.29) is 5.01 Å². The first kappa shape index (κ1) is 15.4. The second-order valence-corrected chi connectivity index (χ2v) is 4.61. The third kappa shape index (κ3) is 2.89. The number of alkyl halides is 4. The van der Waals surface area contributed by atoms with Gasteiger partial charge in [-0.25, -0.2) is 17.6 Å². The zero-order valence-electron chi connectivity index (χ0n) is 10.9. The molecule has 1 atom stereocenters. The molecule has 0 aromatic carbocycles. The van der Waals surface area contributed by atoms with Crippen LogP contribution in [0.2, 0.25) is 0 Å². The van der Waals surface area contributed by atoms with Crippen molar-refractivity contribution in [3.05, 3.63) is 18.0 Å². The molecule has 2 heterocycles. The number of aromatic nitrogens is 2. The van der Waals surface area contributed by atoms with Crippen molar-refractivity contribution >= 4 is 11.6 Å². The molecule has 0 saturated heterocycles. The SMILES string of the molecule is Cc1ccn(CC(=O)N2N=C(C(F)F)C[C@@]2(O)C(F)F)n1. The van der Waals surface area contributed by atoms with E-state index in [1.54, 1.807) is 13.0 Å². The largest absolute Gasteiger partial charge is 0.364 e. The normalized spacial score (nSPS) is 22.3. The highest BCUT2D eigenvalue weighted by atomic mass is 19.3. The molecule has 0 aliphatic carbocycles. The average Bonchev–Trinajstić information content (AvgIpc) is 2.94. The summed E-state index contributed by atoms with van der Waals surface area (Å²) in [6.45, 7) is 1.16. The highest BCUT2D eigenvalue weighted by Crippen LogP contribution is 2.33. The van der Waals surface area contributed by atoms with Gasteiger partial charge in [0.05, 0.1) is 5.69 Å². The Morgan fingerprint density at radius 2 is 2.14 bits per heavy atom. The molecular formula is C11H12F4N4O2. The lowest BCUT2D eigenvalue weighted by Crippen LogP contribution is -2.52. The van der Waals surface area contributed by atoms with E-state index in [2.05, 4.69) is 10.2 Å². The molecule has 10 heteroatoms. The predicted molar refractivity (Wildman–Crippen MR) is 62.8 cm³/mol. The van der Waals surface area contributed by atoms with E-state index in [1.807, 2.05) is 0 Å². The summed E-state index contributed by atoms with van der Waals surface area (Å²) in [5.74, 6) is -1.06. The van der Waals surface area contributed by atoms with Crippen molar-refractivity contribution in [2.75, 3.05) is 0 Å². The monoisotopic (exact) mass is 308 g/mol. The number of hydrogen-bond acceptors (Lipinski definition) is 4. The number of aliphatic hydroxyl groups is 1. The van der Waals surface area contributed by atoms with Crippen molar-refractivity contribution in [2.24, 2.45) is 5.10 Å². The number of carbonyl (C=O) groups is 1. The second-order valence-electron chi connectivity index (χ2n) is 4.61. The van der Waals surface area contributed by atoms with Crippen LogP contribution in [0.1, 0.15) is 12.1 Å². The van der Waals surface area contributed by atoms with E-state index < -0.39 is 43.2 Å². The average molecular weight is 308 g/mol. The molecule has 1 aromatic rings. The van der Waals surface area contributed by atoms with Gasteiger partial charge in [-0.15, -0.1) is 0 Å².